The summed E-state index contributed by atoms with van der Waals surface area (Å²) >= 11 is 0. The molecule has 140 valence electrons. The van der Waals surface area contributed by atoms with Crippen LogP contribution < -0.4 is 24.8 Å². The van der Waals surface area contributed by atoms with Crippen molar-refractivity contribution in [3.63, 3.8) is 0 Å². The Morgan fingerprint density at radius 1 is 0.615 bits per heavy atom. The molecule has 2 unspecified atom stereocenters. The van der Waals surface area contributed by atoms with Crippen molar-refractivity contribution in [1.82, 2.24) is 0 Å². The molecule has 26 heavy (non-hydrogen) atoms. The van der Waals surface area contributed by atoms with E-state index >= 15 is 0 Å². The van der Waals surface area contributed by atoms with Crippen LogP contribution in [0.5, 0.6) is 0 Å². The molecule has 0 spiro atoms. The zero-order valence-electron chi connectivity index (χ0n) is 15.5. The van der Waals surface area contributed by atoms with Gasteiger partial charge in [-0.3, -0.25) is 0 Å². The van der Waals surface area contributed by atoms with Crippen LogP contribution in [0.1, 0.15) is 36.8 Å². The summed E-state index contributed by atoms with van der Waals surface area (Å²) in [6.07, 6.45) is 0. The molecular formula is C23H27Cl2Zr-3. The minimum atomic E-state index is 0. The fourth-order valence-corrected chi connectivity index (χ4v) is 1.88. The van der Waals surface area contributed by atoms with Crippen molar-refractivity contribution in [3.8, 4) is 0 Å². The first-order valence-corrected chi connectivity index (χ1v) is 8.04. The van der Waals surface area contributed by atoms with Crippen LogP contribution in [-0.4, -0.2) is 0 Å². The minimum Gasteiger partial charge on any atom is -1.00 e. The molecule has 0 heterocycles. The Bertz CT molecular complexity index is 530. The molecule has 0 aromatic heterocycles. The van der Waals surface area contributed by atoms with Crippen LogP contribution >= 0.6 is 0 Å². The number of rotatable bonds is 2. The Morgan fingerprint density at radius 2 is 0.923 bits per heavy atom. The van der Waals surface area contributed by atoms with Gasteiger partial charge in [-0.1, -0.05) is 85.6 Å². The fourth-order valence-electron chi connectivity index (χ4n) is 1.88. The Balaban J connectivity index is -0.000000298. The average Bonchev–Trinajstić information content (AvgIpc) is 3.17. The van der Waals surface area contributed by atoms with Crippen molar-refractivity contribution in [2.75, 3.05) is 0 Å². The van der Waals surface area contributed by atoms with Gasteiger partial charge >= 0.3 is 26.2 Å². The van der Waals surface area contributed by atoms with E-state index in [2.05, 4.69) is 52.0 Å². The Hall–Kier alpha value is -0.747. The van der Waals surface area contributed by atoms with E-state index in [9.17, 15) is 0 Å². The Kier molecular flexibility index (Phi) is 22.0. The molecule has 0 fully saturated rings. The van der Waals surface area contributed by atoms with E-state index in [0.29, 0.717) is 11.8 Å². The van der Waals surface area contributed by atoms with Crippen molar-refractivity contribution in [2.24, 2.45) is 0 Å². The van der Waals surface area contributed by atoms with E-state index in [1.54, 1.807) is 0 Å². The third kappa shape index (κ3) is 14.4. The van der Waals surface area contributed by atoms with E-state index in [4.69, 9.17) is 0 Å². The van der Waals surface area contributed by atoms with Crippen molar-refractivity contribution < 1.29 is 51.0 Å². The monoisotopic (exact) mass is 463 g/mol. The van der Waals surface area contributed by atoms with Crippen LogP contribution in [0.25, 0.3) is 0 Å². The van der Waals surface area contributed by atoms with Crippen molar-refractivity contribution in [2.45, 2.75) is 25.7 Å². The van der Waals surface area contributed by atoms with Crippen LogP contribution in [-0.2, 0) is 26.2 Å². The number of benzene rings is 2. The number of halogens is 2. The van der Waals surface area contributed by atoms with E-state index in [0.717, 1.165) is 0 Å². The molecule has 3 heteroatoms. The van der Waals surface area contributed by atoms with Crippen molar-refractivity contribution >= 4 is 0 Å². The van der Waals surface area contributed by atoms with Gasteiger partial charge in [-0.25, -0.2) is 12.1 Å². The van der Waals surface area contributed by atoms with E-state index < -0.39 is 0 Å². The second-order valence-corrected chi connectivity index (χ2v) is 5.59. The molecule has 0 aliphatic rings. The molecule has 3 aromatic rings. The van der Waals surface area contributed by atoms with Gasteiger partial charge in [0.25, 0.3) is 0 Å². The molecule has 0 saturated carbocycles. The summed E-state index contributed by atoms with van der Waals surface area (Å²) in [5.41, 5.74) is 2.61. The molecule has 3 rings (SSSR count). The summed E-state index contributed by atoms with van der Waals surface area (Å²) in [4.78, 5) is 0. The molecule has 0 aliphatic heterocycles. The molecule has 3 aromatic carbocycles. The van der Waals surface area contributed by atoms with Gasteiger partial charge in [0.2, 0.25) is 0 Å². The van der Waals surface area contributed by atoms with Gasteiger partial charge < -0.3 is 38.7 Å². The summed E-state index contributed by atoms with van der Waals surface area (Å²) in [5, 5.41) is 0. The molecule has 0 N–H and O–H groups in total. The third-order valence-corrected chi connectivity index (χ3v) is 3.29. The summed E-state index contributed by atoms with van der Waals surface area (Å²) in [5.74, 6) is 0.817. The normalized spacial score (nSPS) is 10.6. The molecule has 2 atom stereocenters. The first kappa shape index (κ1) is 30.0. The van der Waals surface area contributed by atoms with Crippen molar-refractivity contribution in [1.29, 1.82) is 0 Å². The largest absolute Gasteiger partial charge is 2.00 e. The zero-order valence-corrected chi connectivity index (χ0v) is 19.5. The molecule has 0 nitrogen and oxygen atoms in total. The maximum Gasteiger partial charge on any atom is 2.00 e. The van der Waals surface area contributed by atoms with Crippen molar-refractivity contribution in [3.05, 3.63) is 116 Å². The van der Waals surface area contributed by atoms with Crippen LogP contribution in [0, 0.1) is 13.8 Å². The Morgan fingerprint density at radius 3 is 1.08 bits per heavy atom. The van der Waals surface area contributed by atoms with Gasteiger partial charge in [-0.05, 0) is 0 Å². The zero-order chi connectivity index (χ0) is 16.9. The maximum atomic E-state index is 3.91. The summed E-state index contributed by atoms with van der Waals surface area (Å²) in [6, 6.07) is 30.6. The number of hydrogen-bond donors (Lipinski definition) is 0. The topological polar surface area (TPSA) is 0 Å². The quantitative estimate of drug-likeness (QED) is 0.488. The smallest absolute Gasteiger partial charge is 1.00 e. The summed E-state index contributed by atoms with van der Waals surface area (Å²) in [7, 11) is 0. The predicted molar refractivity (Wildman–Crippen MR) is 102 cm³/mol. The van der Waals surface area contributed by atoms with E-state index in [-0.39, 0.29) is 51.0 Å². The maximum absolute atomic E-state index is 3.91. The number of hydrogen-bond acceptors (Lipinski definition) is 0. The standard InChI is InChI=1S/2C9H11.C5H5.2ClH.Zr/c2*1-8(2)9-6-4-3-5-7-9;1-2-4-5-3-1;;;/h2*3-8H,1H2,2H3;1-5H;2*1H;/q3*-1;;;+2/p-2. The SMILES string of the molecule is [CH2-]C(C)c1ccccc1.[CH2-]C(C)c1ccccc1.[Cl-].[Cl-].[Zr+2].c1cc[cH-]c1. The first-order valence-electron chi connectivity index (χ1n) is 8.04. The van der Waals surface area contributed by atoms with Crippen LogP contribution in [0.15, 0.2) is 91.0 Å². The van der Waals surface area contributed by atoms with Gasteiger partial charge in [0, 0.05) is 0 Å². The molecule has 0 amide bonds. The Labute approximate surface area is 191 Å². The first-order chi connectivity index (χ1) is 11.1. The second-order valence-electron chi connectivity index (χ2n) is 5.59. The summed E-state index contributed by atoms with van der Waals surface area (Å²) < 4.78 is 0. The molecule has 0 radical (unpaired) electrons. The molecule has 0 aliphatic carbocycles. The van der Waals surface area contributed by atoms with E-state index in [1.807, 2.05) is 66.7 Å². The molecule has 0 bridgehead atoms. The fraction of sp³-hybridized carbons (Fsp3) is 0.174. The van der Waals surface area contributed by atoms with Crippen LogP contribution in [0.4, 0.5) is 0 Å². The minimum absolute atomic E-state index is 0. The van der Waals surface area contributed by atoms with E-state index in [1.165, 1.54) is 11.1 Å². The van der Waals surface area contributed by atoms with Crippen LogP contribution in [0.3, 0.4) is 0 Å². The summed E-state index contributed by atoms with van der Waals surface area (Å²) in [6.45, 7) is 12.0. The van der Waals surface area contributed by atoms with Gasteiger partial charge in [0.1, 0.15) is 0 Å². The van der Waals surface area contributed by atoms with Crippen LogP contribution in [0.2, 0.25) is 0 Å². The van der Waals surface area contributed by atoms with Gasteiger partial charge in [-0.15, -0.1) is 11.8 Å². The van der Waals surface area contributed by atoms with Gasteiger partial charge in [0.15, 0.2) is 0 Å². The third-order valence-electron chi connectivity index (χ3n) is 3.29. The second kappa shape index (κ2) is 19.0. The van der Waals surface area contributed by atoms with Gasteiger partial charge in [-0.2, -0.15) is 18.2 Å². The molecular weight excluding hydrogens is 438 g/mol. The average molecular weight is 466 g/mol. The predicted octanol–water partition coefficient (Wildman–Crippen LogP) is 0.659. The molecule has 0 saturated heterocycles. The van der Waals surface area contributed by atoms with Gasteiger partial charge in [0.05, 0.1) is 0 Å².